The van der Waals surface area contributed by atoms with Crippen LogP contribution < -0.4 is 11.1 Å². The molecule has 3 N–H and O–H groups in total. The summed E-state index contributed by atoms with van der Waals surface area (Å²) >= 11 is 0. The zero-order valence-electron chi connectivity index (χ0n) is 10.1. The number of rotatable bonds is 4. The number of nitrogens with one attached hydrogen (secondary N) is 1. The van der Waals surface area contributed by atoms with Crippen molar-refractivity contribution in [3.05, 3.63) is 42.0 Å². The molecule has 0 aliphatic rings. The van der Waals surface area contributed by atoms with Crippen molar-refractivity contribution in [2.75, 3.05) is 12.3 Å². The maximum absolute atomic E-state index is 11.7. The number of hydrogen-bond acceptors (Lipinski definition) is 4. The second-order valence-electron chi connectivity index (χ2n) is 3.98. The van der Waals surface area contributed by atoms with Crippen LogP contribution in [0, 0.1) is 6.92 Å². The smallest absolute Gasteiger partial charge is 0.252 e. The van der Waals surface area contributed by atoms with Gasteiger partial charge < -0.3 is 11.1 Å². The fourth-order valence-corrected chi connectivity index (χ4v) is 1.49. The molecular weight excluding hydrogens is 230 g/mol. The van der Waals surface area contributed by atoms with Gasteiger partial charge in [-0.05, 0) is 19.1 Å². The minimum atomic E-state index is -0.136. The maximum Gasteiger partial charge on any atom is 0.252 e. The predicted molar refractivity (Wildman–Crippen MR) is 67.9 cm³/mol. The highest BCUT2D eigenvalue weighted by Gasteiger charge is 2.04. The minimum absolute atomic E-state index is 0.136. The first-order valence-electron chi connectivity index (χ1n) is 5.64. The Morgan fingerprint density at radius 1 is 1.44 bits per heavy atom. The van der Waals surface area contributed by atoms with Crippen molar-refractivity contribution >= 4 is 11.6 Å². The molecule has 0 fully saturated rings. The van der Waals surface area contributed by atoms with Gasteiger partial charge in [-0.25, -0.2) is 0 Å². The fraction of sp³-hybridized carbons (Fsp3) is 0.250. The Kier molecular flexibility index (Phi) is 3.57. The number of amides is 1. The summed E-state index contributed by atoms with van der Waals surface area (Å²) in [4.78, 5) is 15.8. The summed E-state index contributed by atoms with van der Waals surface area (Å²) in [6.07, 6.45) is 4.86. The Hall–Kier alpha value is -2.37. The number of nitrogens with two attached hydrogens (primary N) is 1. The van der Waals surface area contributed by atoms with E-state index in [1.54, 1.807) is 29.3 Å². The number of pyridine rings is 1. The standard InChI is InChI=1S/C12H15N5O/c1-9-2-3-10(6-15-9)12(18)14-4-5-17-8-11(13)7-16-17/h2-3,6-8H,4-5,13H2,1H3,(H,14,18). The Balaban J connectivity index is 1.83. The molecule has 0 saturated heterocycles. The summed E-state index contributed by atoms with van der Waals surface area (Å²) in [5, 5.41) is 6.82. The third-order valence-corrected chi connectivity index (χ3v) is 2.45. The van der Waals surface area contributed by atoms with Crippen LogP contribution in [-0.2, 0) is 6.54 Å². The first-order chi connectivity index (χ1) is 8.65. The Labute approximate surface area is 105 Å². The largest absolute Gasteiger partial charge is 0.396 e. The van der Waals surface area contributed by atoms with E-state index in [2.05, 4.69) is 15.4 Å². The van der Waals surface area contributed by atoms with Crippen LogP contribution in [0.1, 0.15) is 16.1 Å². The second-order valence-corrected chi connectivity index (χ2v) is 3.98. The van der Waals surface area contributed by atoms with E-state index in [1.807, 2.05) is 13.0 Å². The monoisotopic (exact) mass is 245 g/mol. The summed E-state index contributed by atoms with van der Waals surface area (Å²) in [5.41, 5.74) is 7.59. The Bertz CT molecular complexity index is 532. The number of carbonyl (C=O) groups is 1. The van der Waals surface area contributed by atoms with Gasteiger partial charge >= 0.3 is 0 Å². The van der Waals surface area contributed by atoms with Crippen molar-refractivity contribution in [2.24, 2.45) is 0 Å². The zero-order chi connectivity index (χ0) is 13.0. The van der Waals surface area contributed by atoms with Crippen LogP contribution in [-0.4, -0.2) is 27.2 Å². The molecule has 1 amide bonds. The second kappa shape index (κ2) is 5.31. The van der Waals surface area contributed by atoms with Crippen LogP contribution in [0.4, 0.5) is 5.69 Å². The number of hydrogen-bond donors (Lipinski definition) is 2. The van der Waals surface area contributed by atoms with Gasteiger partial charge in [0.2, 0.25) is 0 Å². The van der Waals surface area contributed by atoms with E-state index >= 15 is 0 Å². The number of anilines is 1. The molecule has 0 bridgehead atoms. The van der Waals surface area contributed by atoms with Crippen molar-refractivity contribution in [1.82, 2.24) is 20.1 Å². The number of carbonyl (C=O) groups excluding carboxylic acids is 1. The molecule has 0 aliphatic carbocycles. The number of nitrogens with zero attached hydrogens (tertiary/aromatic N) is 3. The average Bonchev–Trinajstić information content (AvgIpc) is 2.76. The third-order valence-electron chi connectivity index (χ3n) is 2.45. The van der Waals surface area contributed by atoms with Crippen molar-refractivity contribution in [2.45, 2.75) is 13.5 Å². The van der Waals surface area contributed by atoms with Gasteiger partial charge in [0.05, 0.1) is 24.0 Å². The van der Waals surface area contributed by atoms with E-state index < -0.39 is 0 Å². The fourth-order valence-electron chi connectivity index (χ4n) is 1.49. The molecular formula is C12H15N5O. The van der Waals surface area contributed by atoms with E-state index in [1.165, 1.54) is 0 Å². The SMILES string of the molecule is Cc1ccc(C(=O)NCCn2cc(N)cn2)cn1. The topological polar surface area (TPSA) is 85.8 Å². The molecule has 0 saturated carbocycles. The molecule has 94 valence electrons. The molecule has 2 aromatic rings. The normalized spacial score (nSPS) is 10.3. The molecule has 6 nitrogen and oxygen atoms in total. The van der Waals surface area contributed by atoms with E-state index in [4.69, 9.17) is 5.73 Å². The lowest BCUT2D eigenvalue weighted by Gasteiger charge is -2.05. The molecule has 2 aromatic heterocycles. The highest BCUT2D eigenvalue weighted by molar-refractivity contribution is 5.93. The quantitative estimate of drug-likeness (QED) is 0.825. The van der Waals surface area contributed by atoms with Crippen LogP contribution >= 0.6 is 0 Å². The van der Waals surface area contributed by atoms with Crippen LogP contribution in [0.25, 0.3) is 0 Å². The van der Waals surface area contributed by atoms with Gasteiger partial charge in [-0.15, -0.1) is 0 Å². The first-order valence-corrected chi connectivity index (χ1v) is 5.64. The highest BCUT2D eigenvalue weighted by atomic mass is 16.1. The molecule has 6 heteroatoms. The van der Waals surface area contributed by atoms with E-state index in [9.17, 15) is 4.79 Å². The molecule has 0 aliphatic heterocycles. The van der Waals surface area contributed by atoms with Gasteiger partial charge in [0, 0.05) is 24.6 Å². The molecule has 2 heterocycles. The summed E-state index contributed by atoms with van der Waals surface area (Å²) in [7, 11) is 0. The first kappa shape index (κ1) is 12.1. The molecule has 18 heavy (non-hydrogen) atoms. The van der Waals surface area contributed by atoms with E-state index in [-0.39, 0.29) is 5.91 Å². The lowest BCUT2D eigenvalue weighted by atomic mass is 10.2. The molecule has 0 atom stereocenters. The summed E-state index contributed by atoms with van der Waals surface area (Å²) in [6, 6.07) is 3.56. The van der Waals surface area contributed by atoms with Crippen molar-refractivity contribution in [3.8, 4) is 0 Å². The minimum Gasteiger partial charge on any atom is -0.396 e. The summed E-state index contributed by atoms with van der Waals surface area (Å²) in [6.45, 7) is 2.96. The third kappa shape index (κ3) is 3.07. The van der Waals surface area contributed by atoms with Crippen LogP contribution in [0.3, 0.4) is 0 Å². The Morgan fingerprint density at radius 2 is 2.28 bits per heavy atom. The van der Waals surface area contributed by atoms with Crippen LogP contribution in [0.5, 0.6) is 0 Å². The molecule has 0 radical (unpaired) electrons. The number of aryl methyl sites for hydroxylation is 1. The van der Waals surface area contributed by atoms with Crippen LogP contribution in [0.2, 0.25) is 0 Å². The lowest BCUT2D eigenvalue weighted by molar-refractivity contribution is 0.0951. The zero-order valence-corrected chi connectivity index (χ0v) is 10.1. The average molecular weight is 245 g/mol. The number of aromatic nitrogens is 3. The molecule has 0 spiro atoms. The molecule has 2 rings (SSSR count). The maximum atomic E-state index is 11.7. The summed E-state index contributed by atoms with van der Waals surface area (Å²) < 4.78 is 1.68. The van der Waals surface area contributed by atoms with Gasteiger partial charge in [-0.2, -0.15) is 5.10 Å². The van der Waals surface area contributed by atoms with E-state index in [0.29, 0.717) is 24.3 Å². The van der Waals surface area contributed by atoms with Crippen molar-refractivity contribution in [1.29, 1.82) is 0 Å². The van der Waals surface area contributed by atoms with Crippen LogP contribution in [0.15, 0.2) is 30.7 Å². The lowest BCUT2D eigenvalue weighted by Crippen LogP contribution is -2.27. The van der Waals surface area contributed by atoms with Gasteiger partial charge in [-0.3, -0.25) is 14.5 Å². The molecule has 0 unspecified atom stereocenters. The van der Waals surface area contributed by atoms with Crippen molar-refractivity contribution < 1.29 is 4.79 Å². The van der Waals surface area contributed by atoms with Gasteiger partial charge in [0.15, 0.2) is 0 Å². The van der Waals surface area contributed by atoms with Gasteiger partial charge in [0.25, 0.3) is 5.91 Å². The van der Waals surface area contributed by atoms with Crippen molar-refractivity contribution in [3.63, 3.8) is 0 Å². The number of nitrogen functional groups attached to an aromatic ring is 1. The summed E-state index contributed by atoms with van der Waals surface area (Å²) in [5.74, 6) is -0.136. The molecule has 0 aromatic carbocycles. The van der Waals surface area contributed by atoms with Gasteiger partial charge in [0.1, 0.15) is 0 Å². The van der Waals surface area contributed by atoms with Gasteiger partial charge in [-0.1, -0.05) is 0 Å². The van der Waals surface area contributed by atoms with E-state index in [0.717, 1.165) is 5.69 Å². The Morgan fingerprint density at radius 3 is 2.89 bits per heavy atom. The highest BCUT2D eigenvalue weighted by Crippen LogP contribution is 1.99. The predicted octanol–water partition coefficient (Wildman–Crippen LogP) is 0.599.